The molecular weight excluding hydrogens is 1210 g/mol. The summed E-state index contributed by atoms with van der Waals surface area (Å²) >= 11 is 0. The normalized spacial score (nSPS) is 13.6. The molecule has 0 saturated heterocycles. The van der Waals surface area contributed by atoms with Crippen LogP contribution in [0.1, 0.15) is 122 Å². The molecule has 0 aromatic rings. The average Bonchev–Trinajstić information content (AvgIpc) is 3.62. The molecule has 0 aromatic carbocycles. The molecule has 506 valence electrons. The maximum absolute atomic E-state index is 13.1. The zero-order valence-electron chi connectivity index (χ0n) is 51.6. The van der Waals surface area contributed by atoms with Gasteiger partial charge in [0.25, 0.3) is 0 Å². The van der Waals surface area contributed by atoms with Gasteiger partial charge in [-0.2, -0.15) is 0 Å². The zero-order valence-corrected chi connectivity index (χ0v) is 51.6. The summed E-state index contributed by atoms with van der Waals surface area (Å²) in [6.45, 7) is 1.54. The number of carboxylic acid groups (broad SMARTS) is 1. The Hall–Kier alpha value is -9.54. The van der Waals surface area contributed by atoms with Crippen LogP contribution in [-0.4, -0.2) is 217 Å². The van der Waals surface area contributed by atoms with Crippen LogP contribution in [0.4, 0.5) is 0 Å². The van der Waals surface area contributed by atoms with E-state index in [2.05, 4.69) is 52.0 Å². The third-order valence-electron chi connectivity index (χ3n) is 13.1. The molecule has 0 rings (SSSR count). The van der Waals surface area contributed by atoms with Crippen molar-refractivity contribution in [3.63, 3.8) is 0 Å². The molecule has 9 atom stereocenters. The molecule has 0 bridgehead atoms. The van der Waals surface area contributed by atoms with Crippen LogP contribution in [0.5, 0.6) is 0 Å². The van der Waals surface area contributed by atoms with Gasteiger partial charge in [0.15, 0.2) is 0 Å². The van der Waals surface area contributed by atoms with Gasteiger partial charge in [-0.15, -0.1) is 0 Å². The van der Waals surface area contributed by atoms with E-state index >= 15 is 0 Å². The Kier molecular flexibility index (Phi) is 39.3. The summed E-state index contributed by atoms with van der Waals surface area (Å²) in [6, 6.07) is -11.6. The molecule has 0 aromatic heterocycles. The average molecular weight is 1290 g/mol. The number of amides is 9. The fourth-order valence-corrected chi connectivity index (χ4v) is 8.01. The number of rotatable bonds is 44. The Balaban J connectivity index is 5.56. The lowest BCUT2D eigenvalue weighted by Gasteiger charge is -2.21. The number of hydrogen-bond acceptors (Lipinski definition) is 26. The quantitative estimate of drug-likeness (QED) is 0.0203. The summed E-state index contributed by atoms with van der Waals surface area (Å²) in [7, 11) is 8.23. The molecule has 0 aliphatic carbocycles. The van der Waals surface area contributed by atoms with E-state index in [9.17, 15) is 91.4 Å². The summed E-state index contributed by atoms with van der Waals surface area (Å²) < 4.78 is 37.6. The van der Waals surface area contributed by atoms with Gasteiger partial charge in [-0.3, -0.25) is 47.9 Å². The van der Waals surface area contributed by atoms with Gasteiger partial charge in [0.1, 0.15) is 48.3 Å². The van der Waals surface area contributed by atoms with Gasteiger partial charge < -0.3 is 91.3 Å². The number of primary amides is 1. The van der Waals surface area contributed by atoms with Crippen molar-refractivity contribution < 1.29 is 129 Å². The van der Waals surface area contributed by atoms with Gasteiger partial charge in [0.05, 0.1) is 62.8 Å². The zero-order chi connectivity index (χ0) is 68.6. The number of nitrogens with two attached hydrogens (primary N) is 1. The molecule has 0 saturated carbocycles. The topological polar surface area (TPSA) is 524 Å². The molecule has 9 unspecified atom stereocenters. The van der Waals surface area contributed by atoms with Crippen molar-refractivity contribution in [1.82, 2.24) is 42.5 Å². The highest BCUT2D eigenvalue weighted by atomic mass is 16.6. The van der Waals surface area contributed by atoms with E-state index in [0.717, 1.165) is 49.8 Å². The fourth-order valence-electron chi connectivity index (χ4n) is 8.01. The van der Waals surface area contributed by atoms with Gasteiger partial charge in [-0.1, -0.05) is 6.92 Å². The molecule has 9 amide bonds. The Morgan fingerprint density at radius 3 is 0.589 bits per heavy atom. The van der Waals surface area contributed by atoms with Crippen molar-refractivity contribution in [2.24, 2.45) is 11.7 Å². The number of methoxy groups -OCH3 is 8. The second-order valence-corrected chi connectivity index (χ2v) is 19.7. The van der Waals surface area contributed by atoms with Gasteiger partial charge >= 0.3 is 53.7 Å². The summed E-state index contributed by atoms with van der Waals surface area (Å²) in [5.74, 6) is -17.0. The molecule has 36 heteroatoms. The van der Waals surface area contributed by atoms with Crippen molar-refractivity contribution in [1.29, 1.82) is 0 Å². The van der Waals surface area contributed by atoms with E-state index in [1.807, 2.05) is 0 Å². The summed E-state index contributed by atoms with van der Waals surface area (Å²) in [5.41, 5.74) is 5.12. The third kappa shape index (κ3) is 33.0. The maximum Gasteiger partial charge on any atom is 0.328 e. The minimum atomic E-state index is -1.73. The lowest BCUT2D eigenvalue weighted by molar-refractivity contribution is -0.147. The van der Waals surface area contributed by atoms with Crippen LogP contribution in [0.25, 0.3) is 0 Å². The SMILES string of the molecule is COC(=O)C(C)CCC(=O)NC(CCC(=O)NC(CCC(=O)NC(CCC(=O)NC(CCC(=O)NC(CCC(=O)NC(CCC(=O)NC(CCC(=O)NC(CCC(N)=O)C(=O)OC)C(=O)OC)C(=O)OC)C(=O)OC)C(=O)O)C(=O)OC)C(=O)OC)C(=O)OC. The van der Waals surface area contributed by atoms with Crippen LogP contribution in [0, 0.1) is 5.92 Å². The standard InChI is InChI=1S/C54H83N9O27/c1-28(47(75)83-2)10-20-38(65)58-31(49(77)85-4)14-24-42(69)62-35(53(81)89-8)17-26-43(70)60-32(50(78)86-5)13-22-39(66)56-29(46(73)74)12-21-40(67)59-33(51(79)87-6)16-25-44(71)63-36(54(82)90-9)18-27-45(72)61-34(52(80)88-7)15-23-41(68)57-30(48(76)84-3)11-19-37(55)64/h28-36H,10-27H2,1-9H3,(H2,55,64)(H,56,66)(H,57,68)(H,58,65)(H,59,67)(H,60,70)(H,61,72)(H,62,69)(H,63,71)(H,73,74). The first-order valence-corrected chi connectivity index (χ1v) is 27.9. The van der Waals surface area contributed by atoms with Crippen molar-refractivity contribution in [2.45, 2.75) is 171 Å². The molecule has 11 N–H and O–H groups in total. The second-order valence-electron chi connectivity index (χ2n) is 19.7. The number of carbonyl (C=O) groups excluding carboxylic acids is 17. The van der Waals surface area contributed by atoms with E-state index in [-0.39, 0.29) is 38.5 Å². The van der Waals surface area contributed by atoms with E-state index in [1.54, 1.807) is 6.92 Å². The van der Waals surface area contributed by atoms with Crippen LogP contribution in [0.3, 0.4) is 0 Å². The molecule has 0 fully saturated rings. The Morgan fingerprint density at radius 2 is 0.422 bits per heavy atom. The number of aliphatic carboxylic acids is 1. The molecule has 90 heavy (non-hydrogen) atoms. The molecule has 0 heterocycles. The van der Waals surface area contributed by atoms with E-state index in [4.69, 9.17) is 34.2 Å². The van der Waals surface area contributed by atoms with Crippen molar-refractivity contribution in [3.05, 3.63) is 0 Å². The van der Waals surface area contributed by atoms with Crippen LogP contribution < -0.4 is 48.3 Å². The Labute approximate surface area is 516 Å². The summed E-state index contributed by atoms with van der Waals surface area (Å²) in [6.07, 6.45) is -7.15. The van der Waals surface area contributed by atoms with Gasteiger partial charge in [0, 0.05) is 57.8 Å². The third-order valence-corrected chi connectivity index (χ3v) is 13.1. The molecule has 0 spiro atoms. The van der Waals surface area contributed by atoms with Crippen molar-refractivity contribution >= 4 is 107 Å². The molecule has 0 aliphatic rings. The number of carboxylic acids is 1. The highest BCUT2D eigenvalue weighted by Crippen LogP contribution is 2.13. The van der Waals surface area contributed by atoms with Crippen molar-refractivity contribution in [2.75, 3.05) is 56.9 Å². The first kappa shape index (κ1) is 80.5. The first-order chi connectivity index (χ1) is 42.4. The molecule has 36 nitrogen and oxygen atoms in total. The summed E-state index contributed by atoms with van der Waals surface area (Å²) in [5, 5.41) is 28.5. The number of nitrogens with one attached hydrogen (secondary N) is 8. The molecule has 0 radical (unpaired) electrons. The van der Waals surface area contributed by atoms with E-state index < -0.39 is 238 Å². The number of ether oxygens (including phenoxy) is 8. The van der Waals surface area contributed by atoms with Gasteiger partial charge in [0.2, 0.25) is 53.2 Å². The van der Waals surface area contributed by atoms with E-state index in [1.165, 1.54) is 7.11 Å². The van der Waals surface area contributed by atoms with Crippen LogP contribution in [0.15, 0.2) is 0 Å². The predicted octanol–water partition coefficient (Wildman–Crippen LogP) is -4.52. The van der Waals surface area contributed by atoms with Gasteiger partial charge in [-0.05, 0) is 57.8 Å². The number of hydrogen-bond donors (Lipinski definition) is 10. The minimum absolute atomic E-state index is 0.0940. The molecular formula is C54H83N9O27. The van der Waals surface area contributed by atoms with Crippen LogP contribution in [-0.2, 0) is 124 Å². The Morgan fingerprint density at radius 1 is 0.267 bits per heavy atom. The lowest BCUT2D eigenvalue weighted by Crippen LogP contribution is -2.47. The molecule has 0 aliphatic heterocycles. The Bertz CT molecular complexity index is 2550. The smallest absolute Gasteiger partial charge is 0.328 e. The predicted molar refractivity (Wildman–Crippen MR) is 301 cm³/mol. The fraction of sp³-hybridized carbons (Fsp3) is 0.667. The van der Waals surface area contributed by atoms with Crippen LogP contribution in [0.2, 0.25) is 0 Å². The van der Waals surface area contributed by atoms with Crippen LogP contribution >= 0.6 is 0 Å². The van der Waals surface area contributed by atoms with Crippen molar-refractivity contribution in [3.8, 4) is 0 Å². The monoisotopic (exact) mass is 1290 g/mol. The minimum Gasteiger partial charge on any atom is -0.480 e. The number of carbonyl (C=O) groups is 18. The maximum atomic E-state index is 13.1. The second kappa shape index (κ2) is 44.0. The van der Waals surface area contributed by atoms with E-state index in [0.29, 0.717) is 0 Å². The highest BCUT2D eigenvalue weighted by molar-refractivity contribution is 5.92. The summed E-state index contributed by atoms with van der Waals surface area (Å²) in [4.78, 5) is 226. The largest absolute Gasteiger partial charge is 0.480 e. The van der Waals surface area contributed by atoms with Gasteiger partial charge in [-0.25, -0.2) is 38.4 Å². The number of esters is 8. The highest BCUT2D eigenvalue weighted by Gasteiger charge is 2.32. The first-order valence-electron chi connectivity index (χ1n) is 27.9. The lowest BCUT2D eigenvalue weighted by atomic mass is 10.0.